The summed E-state index contributed by atoms with van der Waals surface area (Å²) in [6, 6.07) is 0.272. The van der Waals surface area contributed by atoms with Crippen LogP contribution in [-0.2, 0) is 9.63 Å². The maximum Gasteiger partial charge on any atom is 0.246 e. The lowest BCUT2D eigenvalue weighted by Gasteiger charge is -2.24. The molecule has 1 saturated heterocycles. The van der Waals surface area contributed by atoms with Crippen LogP contribution in [-0.4, -0.2) is 25.6 Å². The Hall–Kier alpha value is -0.870. The number of carbonyl (C=O) groups excluding carboxylic acids is 1. The molecule has 0 radical (unpaired) electrons. The lowest BCUT2D eigenvalue weighted by atomic mass is 9.95. The van der Waals surface area contributed by atoms with Gasteiger partial charge in [0.05, 0.1) is 6.61 Å². The molecule has 4 nitrogen and oxygen atoms in total. The molecule has 0 aromatic rings. The zero-order valence-electron chi connectivity index (χ0n) is 8.75. The molecule has 1 amide bonds. The summed E-state index contributed by atoms with van der Waals surface area (Å²) < 4.78 is 0. The van der Waals surface area contributed by atoms with Crippen molar-refractivity contribution in [3.63, 3.8) is 0 Å². The Morgan fingerprint density at radius 1 is 1.79 bits per heavy atom. The molecule has 1 rings (SSSR count). The fourth-order valence-corrected chi connectivity index (χ4v) is 1.59. The smallest absolute Gasteiger partial charge is 0.246 e. The summed E-state index contributed by atoms with van der Waals surface area (Å²) in [4.78, 5) is 16.2. The van der Waals surface area contributed by atoms with Gasteiger partial charge in [0.1, 0.15) is 0 Å². The van der Waals surface area contributed by atoms with Gasteiger partial charge in [-0.15, -0.1) is 0 Å². The zero-order valence-corrected chi connectivity index (χ0v) is 8.75. The summed E-state index contributed by atoms with van der Waals surface area (Å²) in [6.45, 7) is 2.59. The highest BCUT2D eigenvalue weighted by atomic mass is 16.7. The van der Waals surface area contributed by atoms with E-state index in [1.165, 1.54) is 0 Å². The van der Waals surface area contributed by atoms with Crippen LogP contribution in [0.3, 0.4) is 0 Å². The molecule has 0 spiro atoms. The van der Waals surface area contributed by atoms with E-state index in [4.69, 9.17) is 4.84 Å². The molecule has 14 heavy (non-hydrogen) atoms. The fraction of sp³-hybridized carbons (Fsp3) is 0.700. The van der Waals surface area contributed by atoms with E-state index in [1.807, 2.05) is 20.0 Å². The van der Waals surface area contributed by atoms with E-state index in [2.05, 4.69) is 16.9 Å². The van der Waals surface area contributed by atoms with Gasteiger partial charge < -0.3 is 5.32 Å². The molecule has 1 fully saturated rings. The molecule has 0 saturated carbocycles. The van der Waals surface area contributed by atoms with Crippen LogP contribution in [0, 0.1) is 5.92 Å². The number of rotatable bonds is 4. The van der Waals surface area contributed by atoms with Crippen LogP contribution in [0.25, 0.3) is 0 Å². The monoisotopic (exact) mass is 198 g/mol. The Morgan fingerprint density at radius 3 is 3.14 bits per heavy atom. The van der Waals surface area contributed by atoms with E-state index in [-0.39, 0.29) is 17.9 Å². The van der Waals surface area contributed by atoms with Crippen molar-refractivity contribution in [3.8, 4) is 0 Å². The zero-order chi connectivity index (χ0) is 10.4. The number of nitrogens with one attached hydrogen (secondary N) is 2. The highest BCUT2D eigenvalue weighted by Gasteiger charge is 2.24. The van der Waals surface area contributed by atoms with E-state index in [0.717, 1.165) is 12.8 Å². The second-order valence-electron chi connectivity index (χ2n) is 3.46. The largest absolute Gasteiger partial charge is 0.314 e. The van der Waals surface area contributed by atoms with Gasteiger partial charge >= 0.3 is 0 Å². The van der Waals surface area contributed by atoms with Crippen LogP contribution in [0.15, 0.2) is 12.2 Å². The summed E-state index contributed by atoms with van der Waals surface area (Å²) >= 11 is 0. The molecule has 4 heteroatoms. The molecule has 1 aliphatic rings. The van der Waals surface area contributed by atoms with Crippen molar-refractivity contribution in [1.29, 1.82) is 0 Å². The summed E-state index contributed by atoms with van der Waals surface area (Å²) in [6.07, 6.45) is 5.71. The summed E-state index contributed by atoms with van der Waals surface area (Å²) in [5.41, 5.74) is 2.41. The topological polar surface area (TPSA) is 50.4 Å². The van der Waals surface area contributed by atoms with Gasteiger partial charge in [-0.25, -0.2) is 5.48 Å². The lowest BCUT2D eigenvalue weighted by Crippen LogP contribution is -2.40. The van der Waals surface area contributed by atoms with Gasteiger partial charge in [-0.2, -0.15) is 0 Å². The van der Waals surface area contributed by atoms with Crippen molar-refractivity contribution in [2.24, 2.45) is 5.92 Å². The molecule has 1 aliphatic heterocycles. The predicted octanol–water partition coefficient (Wildman–Crippen LogP) is 0.608. The maximum atomic E-state index is 11.4. The van der Waals surface area contributed by atoms with Gasteiger partial charge in [-0.05, 0) is 26.8 Å². The molecule has 2 N–H and O–H groups in total. The van der Waals surface area contributed by atoms with Crippen molar-refractivity contribution >= 4 is 5.91 Å². The van der Waals surface area contributed by atoms with Gasteiger partial charge in [-0.1, -0.05) is 12.2 Å². The number of hydrogen-bond acceptors (Lipinski definition) is 3. The first-order valence-electron chi connectivity index (χ1n) is 4.99. The molecule has 2 unspecified atom stereocenters. The van der Waals surface area contributed by atoms with Crippen LogP contribution in [0.5, 0.6) is 0 Å². The minimum Gasteiger partial charge on any atom is -0.314 e. The average molecular weight is 198 g/mol. The number of amides is 1. The van der Waals surface area contributed by atoms with E-state index < -0.39 is 0 Å². The van der Waals surface area contributed by atoms with Gasteiger partial charge in [0.2, 0.25) is 5.91 Å². The highest BCUT2D eigenvalue weighted by molar-refractivity contribution is 5.78. The first-order chi connectivity index (χ1) is 6.77. The van der Waals surface area contributed by atoms with Crippen LogP contribution >= 0.6 is 0 Å². The van der Waals surface area contributed by atoms with E-state index in [9.17, 15) is 4.79 Å². The number of hydrogen-bond donors (Lipinski definition) is 2. The van der Waals surface area contributed by atoms with Gasteiger partial charge in [0.15, 0.2) is 0 Å². The number of carbonyl (C=O) groups is 1. The fourth-order valence-electron chi connectivity index (χ4n) is 1.59. The molecule has 1 heterocycles. The third-order valence-electron chi connectivity index (χ3n) is 2.45. The molecule has 0 aliphatic carbocycles. The third-order valence-corrected chi connectivity index (χ3v) is 2.45. The average Bonchev–Trinajstić information content (AvgIpc) is 2.20. The Balaban J connectivity index is 2.43. The summed E-state index contributed by atoms with van der Waals surface area (Å²) in [5, 5.41) is 3.16. The van der Waals surface area contributed by atoms with Crippen molar-refractivity contribution < 1.29 is 9.63 Å². The minimum atomic E-state index is 0.000929. The quantitative estimate of drug-likeness (QED) is 0.651. The van der Waals surface area contributed by atoms with Gasteiger partial charge in [0, 0.05) is 12.0 Å². The maximum absolute atomic E-state index is 11.4. The first-order valence-corrected chi connectivity index (χ1v) is 4.99. The van der Waals surface area contributed by atoms with Crippen LogP contribution in [0.4, 0.5) is 0 Å². The van der Waals surface area contributed by atoms with Crippen LogP contribution < -0.4 is 10.8 Å². The van der Waals surface area contributed by atoms with Crippen molar-refractivity contribution in [2.45, 2.75) is 25.8 Å². The highest BCUT2D eigenvalue weighted by Crippen LogP contribution is 2.15. The Kier molecular flexibility index (Phi) is 4.62. The normalized spacial score (nSPS) is 25.0. The van der Waals surface area contributed by atoms with Crippen LogP contribution in [0.2, 0.25) is 0 Å². The standard InChI is InChI=1S/C10H18N2O2/c1-3-4-9(11-2)7-8-5-6-14-12-10(8)13/h3-4,8-9,11H,5-7H2,1-2H3,(H,12,13)/b4-3+. The Bertz CT molecular complexity index is 216. The van der Waals surface area contributed by atoms with Gasteiger partial charge in [0.25, 0.3) is 0 Å². The predicted molar refractivity (Wildman–Crippen MR) is 54.5 cm³/mol. The second-order valence-corrected chi connectivity index (χ2v) is 3.46. The first kappa shape index (κ1) is 11.2. The number of hydroxylamine groups is 1. The molecule has 0 aromatic heterocycles. The summed E-state index contributed by atoms with van der Waals surface area (Å²) in [7, 11) is 1.90. The molecule has 2 atom stereocenters. The van der Waals surface area contributed by atoms with E-state index >= 15 is 0 Å². The molecule has 0 aromatic carbocycles. The minimum absolute atomic E-state index is 0.000929. The Labute approximate surface area is 84.7 Å². The lowest BCUT2D eigenvalue weighted by molar-refractivity contribution is -0.145. The van der Waals surface area contributed by atoms with Gasteiger partial charge in [-0.3, -0.25) is 9.63 Å². The molecular formula is C10H18N2O2. The van der Waals surface area contributed by atoms with Crippen molar-refractivity contribution in [3.05, 3.63) is 12.2 Å². The number of allylic oxidation sites excluding steroid dienone is 1. The molecule has 0 bridgehead atoms. The number of likely N-dealkylation sites (N-methyl/N-ethyl adjacent to an activating group) is 1. The van der Waals surface area contributed by atoms with E-state index in [0.29, 0.717) is 6.61 Å². The molecule has 80 valence electrons. The van der Waals surface area contributed by atoms with Crippen LogP contribution in [0.1, 0.15) is 19.8 Å². The van der Waals surface area contributed by atoms with Crippen molar-refractivity contribution in [1.82, 2.24) is 10.8 Å². The SMILES string of the molecule is C/C=C/C(CC1CCONC1=O)NC. The summed E-state index contributed by atoms with van der Waals surface area (Å²) in [5.74, 6) is 0.0680. The third kappa shape index (κ3) is 3.12. The van der Waals surface area contributed by atoms with E-state index in [1.54, 1.807) is 0 Å². The molecular weight excluding hydrogens is 180 g/mol. The Morgan fingerprint density at radius 2 is 2.57 bits per heavy atom. The van der Waals surface area contributed by atoms with Crippen molar-refractivity contribution in [2.75, 3.05) is 13.7 Å². The second kappa shape index (κ2) is 5.78.